The second-order valence-corrected chi connectivity index (χ2v) is 5.38. The van der Waals surface area contributed by atoms with Crippen molar-refractivity contribution < 1.29 is 14.6 Å². The summed E-state index contributed by atoms with van der Waals surface area (Å²) in [6.45, 7) is 3.69. The van der Waals surface area contributed by atoms with Crippen LogP contribution in [-0.2, 0) is 4.74 Å². The van der Waals surface area contributed by atoms with Crippen molar-refractivity contribution in [1.82, 2.24) is 0 Å². The van der Waals surface area contributed by atoms with Crippen LogP contribution in [0.1, 0.15) is 33.3 Å². The first-order chi connectivity index (χ1) is 10.6. The Morgan fingerprint density at radius 1 is 1.50 bits per heavy atom. The molecule has 0 radical (unpaired) electrons. The average Bonchev–Trinajstić information content (AvgIpc) is 2.82. The van der Waals surface area contributed by atoms with Gasteiger partial charge in [-0.2, -0.15) is 5.26 Å². The molecule has 1 heterocycles. The molecule has 1 aromatic carbocycles. The summed E-state index contributed by atoms with van der Waals surface area (Å²) >= 11 is 1.11. The number of aromatic hydroxyl groups is 1. The summed E-state index contributed by atoms with van der Waals surface area (Å²) in [5.41, 5.74) is 1.45. The Kier molecular flexibility index (Phi) is 4.92. The Bertz CT molecular complexity index is 772. The molecule has 1 aromatic heterocycles. The van der Waals surface area contributed by atoms with Crippen LogP contribution in [0.15, 0.2) is 29.3 Å². The number of para-hydroxylation sites is 1. The van der Waals surface area contributed by atoms with E-state index in [1.807, 2.05) is 0 Å². The van der Waals surface area contributed by atoms with Gasteiger partial charge in [-0.05, 0) is 31.5 Å². The normalized spacial score (nSPS) is 10.6. The molecule has 112 valence electrons. The summed E-state index contributed by atoms with van der Waals surface area (Å²) in [6, 6.07) is 8.80. The highest BCUT2D eigenvalue weighted by Gasteiger charge is 2.20. The third-order valence-electron chi connectivity index (χ3n) is 2.96. The number of hydrogen-bond donors (Lipinski definition) is 1. The molecule has 0 saturated heterocycles. The van der Waals surface area contributed by atoms with Gasteiger partial charge in [-0.25, -0.2) is 9.79 Å². The summed E-state index contributed by atoms with van der Waals surface area (Å²) < 4.78 is 4.97. The average molecular weight is 314 g/mol. The van der Waals surface area contributed by atoms with E-state index in [4.69, 9.17) is 4.74 Å². The lowest BCUT2D eigenvalue weighted by atomic mass is 10.2. The number of esters is 1. The van der Waals surface area contributed by atoms with Gasteiger partial charge >= 0.3 is 5.97 Å². The molecule has 0 aliphatic heterocycles. The fraction of sp³-hybridized carbons (Fsp3) is 0.188. The van der Waals surface area contributed by atoms with Crippen LogP contribution in [-0.4, -0.2) is 23.9 Å². The molecule has 0 aliphatic carbocycles. The number of aliphatic imine (C=N–C) groups is 1. The smallest absolute Gasteiger partial charge is 0.348 e. The van der Waals surface area contributed by atoms with Gasteiger partial charge in [-0.15, -0.1) is 11.3 Å². The molecular weight excluding hydrogens is 300 g/mol. The van der Waals surface area contributed by atoms with Crippen LogP contribution in [0.3, 0.4) is 0 Å². The van der Waals surface area contributed by atoms with E-state index in [0.29, 0.717) is 26.6 Å². The monoisotopic (exact) mass is 314 g/mol. The number of nitriles is 1. The molecule has 0 bridgehead atoms. The molecule has 2 aromatic rings. The molecule has 6 heteroatoms. The predicted octanol–water partition coefficient (Wildman–Crippen LogP) is 3.56. The molecule has 2 rings (SSSR count). The molecule has 0 unspecified atom stereocenters. The largest absolute Gasteiger partial charge is 0.507 e. The molecule has 0 atom stereocenters. The molecule has 5 nitrogen and oxygen atoms in total. The Hall–Kier alpha value is -2.65. The van der Waals surface area contributed by atoms with Crippen molar-refractivity contribution in [2.24, 2.45) is 4.99 Å². The van der Waals surface area contributed by atoms with Gasteiger partial charge in [0.05, 0.1) is 12.2 Å². The van der Waals surface area contributed by atoms with Gasteiger partial charge in [-0.1, -0.05) is 12.1 Å². The first-order valence-corrected chi connectivity index (χ1v) is 7.42. The van der Waals surface area contributed by atoms with E-state index >= 15 is 0 Å². The maximum Gasteiger partial charge on any atom is 0.348 e. The lowest BCUT2D eigenvalue weighted by Gasteiger charge is -1.98. The van der Waals surface area contributed by atoms with Gasteiger partial charge in [0, 0.05) is 11.8 Å². The summed E-state index contributed by atoms with van der Waals surface area (Å²) in [6.07, 6.45) is 1.47. The first kappa shape index (κ1) is 15.7. The second kappa shape index (κ2) is 6.87. The van der Waals surface area contributed by atoms with Crippen LogP contribution in [0.4, 0.5) is 5.00 Å². The van der Waals surface area contributed by atoms with Gasteiger partial charge in [0.25, 0.3) is 0 Å². The maximum atomic E-state index is 11.9. The lowest BCUT2D eigenvalue weighted by Crippen LogP contribution is -2.03. The number of thiophene rings is 1. The predicted molar refractivity (Wildman–Crippen MR) is 85.1 cm³/mol. The Labute approximate surface area is 132 Å². The fourth-order valence-electron chi connectivity index (χ4n) is 1.84. The van der Waals surface area contributed by atoms with Crippen LogP contribution < -0.4 is 0 Å². The first-order valence-electron chi connectivity index (χ1n) is 6.61. The number of rotatable bonds is 4. The fourth-order valence-corrected chi connectivity index (χ4v) is 2.83. The van der Waals surface area contributed by atoms with Gasteiger partial charge < -0.3 is 9.84 Å². The van der Waals surface area contributed by atoms with E-state index in [2.05, 4.69) is 11.1 Å². The number of carbonyl (C=O) groups is 1. The van der Waals surface area contributed by atoms with Crippen molar-refractivity contribution in [2.75, 3.05) is 6.61 Å². The highest BCUT2D eigenvalue weighted by molar-refractivity contribution is 7.18. The van der Waals surface area contributed by atoms with Gasteiger partial charge in [0.15, 0.2) is 0 Å². The van der Waals surface area contributed by atoms with Crippen molar-refractivity contribution >= 4 is 28.5 Å². The SMILES string of the molecule is CCOC(=O)c1sc(/N=C/c2ccccc2O)c(C#N)c1C. The number of ether oxygens (including phenoxy) is 1. The van der Waals surface area contributed by atoms with E-state index < -0.39 is 5.97 Å². The van der Waals surface area contributed by atoms with E-state index in [0.717, 1.165) is 11.3 Å². The third kappa shape index (κ3) is 3.15. The Morgan fingerprint density at radius 3 is 2.86 bits per heavy atom. The number of nitrogens with zero attached hydrogens (tertiary/aromatic N) is 2. The van der Waals surface area contributed by atoms with Crippen molar-refractivity contribution in [3.8, 4) is 11.8 Å². The minimum atomic E-state index is -0.453. The van der Waals surface area contributed by atoms with Crippen molar-refractivity contribution in [2.45, 2.75) is 13.8 Å². The number of benzene rings is 1. The number of phenols is 1. The van der Waals surface area contributed by atoms with Crippen LogP contribution in [0, 0.1) is 18.3 Å². The zero-order valence-electron chi connectivity index (χ0n) is 12.2. The number of carbonyl (C=O) groups excluding carboxylic acids is 1. The standard InChI is InChI=1S/C16H14N2O3S/c1-3-21-16(20)14-10(2)12(8-17)15(22-14)18-9-11-6-4-5-7-13(11)19/h4-7,9,19H,3H2,1-2H3/b18-9+. The molecule has 0 saturated carbocycles. The topological polar surface area (TPSA) is 82.7 Å². The summed E-state index contributed by atoms with van der Waals surface area (Å²) in [4.78, 5) is 16.5. The van der Waals surface area contributed by atoms with Crippen LogP contribution >= 0.6 is 11.3 Å². The minimum Gasteiger partial charge on any atom is -0.507 e. The molecule has 0 spiro atoms. The number of hydrogen-bond acceptors (Lipinski definition) is 6. The highest BCUT2D eigenvalue weighted by atomic mass is 32.1. The van der Waals surface area contributed by atoms with Crippen molar-refractivity contribution in [3.63, 3.8) is 0 Å². The van der Waals surface area contributed by atoms with Gasteiger partial charge in [0.1, 0.15) is 21.7 Å². The molecule has 0 fully saturated rings. The molecule has 0 aliphatic rings. The van der Waals surface area contributed by atoms with Crippen molar-refractivity contribution in [3.05, 3.63) is 45.8 Å². The molecule has 1 N–H and O–H groups in total. The third-order valence-corrected chi connectivity index (χ3v) is 4.14. The highest BCUT2D eigenvalue weighted by Crippen LogP contribution is 2.35. The van der Waals surface area contributed by atoms with E-state index in [9.17, 15) is 15.2 Å². The van der Waals surface area contributed by atoms with E-state index in [-0.39, 0.29) is 12.4 Å². The van der Waals surface area contributed by atoms with Crippen molar-refractivity contribution in [1.29, 1.82) is 5.26 Å². The summed E-state index contributed by atoms with van der Waals surface area (Å²) in [5, 5.41) is 19.4. The molecular formula is C16H14N2O3S. The summed E-state index contributed by atoms with van der Waals surface area (Å²) in [5.74, 6) is -0.353. The van der Waals surface area contributed by atoms with Crippen LogP contribution in [0.25, 0.3) is 0 Å². The van der Waals surface area contributed by atoms with Gasteiger partial charge in [0.2, 0.25) is 0 Å². The molecule has 0 amide bonds. The van der Waals surface area contributed by atoms with E-state index in [1.165, 1.54) is 6.21 Å². The molecule has 22 heavy (non-hydrogen) atoms. The lowest BCUT2D eigenvalue weighted by molar-refractivity contribution is 0.0531. The quantitative estimate of drug-likeness (QED) is 0.691. The summed E-state index contributed by atoms with van der Waals surface area (Å²) in [7, 11) is 0. The zero-order valence-corrected chi connectivity index (χ0v) is 13.0. The van der Waals surface area contributed by atoms with Crippen LogP contribution in [0.5, 0.6) is 5.75 Å². The Morgan fingerprint density at radius 2 is 2.23 bits per heavy atom. The second-order valence-electron chi connectivity index (χ2n) is 4.39. The zero-order chi connectivity index (χ0) is 16.1. The maximum absolute atomic E-state index is 11.9. The Balaban J connectivity index is 2.40. The van der Waals surface area contributed by atoms with E-state index in [1.54, 1.807) is 38.1 Å². The van der Waals surface area contributed by atoms with Gasteiger partial charge in [-0.3, -0.25) is 0 Å². The number of phenolic OH excluding ortho intramolecular Hbond substituents is 1. The van der Waals surface area contributed by atoms with Crippen LogP contribution in [0.2, 0.25) is 0 Å². The minimum absolute atomic E-state index is 0.101.